The topological polar surface area (TPSA) is 102 Å². The zero-order valence-electron chi connectivity index (χ0n) is 24.5. The van der Waals surface area contributed by atoms with Gasteiger partial charge in [-0.3, -0.25) is 13.6 Å². The van der Waals surface area contributed by atoms with Crippen LogP contribution >= 0.6 is 31.2 Å². The van der Waals surface area contributed by atoms with Crippen LogP contribution in [0.3, 0.4) is 0 Å². The molecule has 1 unspecified atom stereocenters. The summed E-state index contributed by atoms with van der Waals surface area (Å²) in [6, 6.07) is 11.9. The molecule has 2 rings (SSSR count). The van der Waals surface area contributed by atoms with Crippen molar-refractivity contribution in [3.05, 3.63) is 52.5 Å². The fraction of sp³-hybridized carbons (Fsp3) is 0.536. The first-order chi connectivity index (χ1) is 18.7. The summed E-state index contributed by atoms with van der Waals surface area (Å²) in [6.45, 7) is 9.20. The molecule has 1 N–H and O–H groups in total. The summed E-state index contributed by atoms with van der Waals surface area (Å²) >= 11 is 8.25. The molecule has 224 valence electrons. The Morgan fingerprint density at radius 3 is 2.33 bits per heavy atom. The number of halogens is 1. The number of phosphoric acid groups is 1. The molecular formula is C28H41ClNO8PS. The molecule has 0 heterocycles. The summed E-state index contributed by atoms with van der Waals surface area (Å²) in [6.07, 6.45) is 1.18. The molecule has 40 heavy (non-hydrogen) atoms. The molecule has 0 spiro atoms. The van der Waals surface area contributed by atoms with E-state index in [0.29, 0.717) is 17.9 Å². The number of carbonyl (C=O) groups excluding carboxylic acids is 1. The first-order valence-corrected chi connectivity index (χ1v) is 15.5. The van der Waals surface area contributed by atoms with Crippen LogP contribution in [0.4, 0.5) is 4.79 Å². The molecule has 9 nitrogen and oxygen atoms in total. The number of hydrogen-bond acceptors (Lipinski definition) is 9. The number of alkyl carbamates (subject to hydrolysis) is 1. The Labute approximate surface area is 247 Å². The monoisotopic (exact) mass is 617 g/mol. The highest BCUT2D eigenvalue weighted by Crippen LogP contribution is 2.48. The molecule has 0 aliphatic rings. The van der Waals surface area contributed by atoms with Gasteiger partial charge in [0.25, 0.3) is 0 Å². The van der Waals surface area contributed by atoms with E-state index in [2.05, 4.69) is 18.3 Å². The highest BCUT2D eigenvalue weighted by molar-refractivity contribution is 7.99. The lowest BCUT2D eigenvalue weighted by atomic mass is 9.94. The van der Waals surface area contributed by atoms with Crippen molar-refractivity contribution in [2.45, 2.75) is 74.8 Å². The van der Waals surface area contributed by atoms with Gasteiger partial charge in [-0.1, -0.05) is 42.4 Å². The second-order valence-electron chi connectivity index (χ2n) is 10.3. The lowest BCUT2D eigenvalue weighted by molar-refractivity contribution is 0.0389. The molecule has 0 saturated carbocycles. The van der Waals surface area contributed by atoms with Crippen molar-refractivity contribution < 1.29 is 37.1 Å². The molecule has 1 atom stereocenters. The highest BCUT2D eigenvalue weighted by Gasteiger charge is 2.34. The number of methoxy groups -OCH3 is 1. The van der Waals surface area contributed by atoms with Gasteiger partial charge >= 0.3 is 13.9 Å². The Morgan fingerprint density at radius 2 is 1.75 bits per heavy atom. The average molecular weight is 618 g/mol. The van der Waals surface area contributed by atoms with E-state index in [1.165, 1.54) is 19.8 Å². The van der Waals surface area contributed by atoms with Crippen molar-refractivity contribution >= 4 is 37.3 Å². The van der Waals surface area contributed by atoms with Gasteiger partial charge in [-0.05, 0) is 82.3 Å². The van der Waals surface area contributed by atoms with E-state index in [0.717, 1.165) is 27.5 Å². The smallest absolute Gasteiger partial charge is 0.466 e. The molecule has 0 bridgehead atoms. The van der Waals surface area contributed by atoms with Crippen molar-refractivity contribution in [3.8, 4) is 5.75 Å². The van der Waals surface area contributed by atoms with E-state index in [9.17, 15) is 9.36 Å². The van der Waals surface area contributed by atoms with Gasteiger partial charge in [0.1, 0.15) is 11.4 Å². The minimum atomic E-state index is -3.76. The van der Waals surface area contributed by atoms with Crippen LogP contribution in [-0.4, -0.2) is 52.0 Å². The molecule has 2 aromatic rings. The number of phosphoric ester groups is 1. The Balaban J connectivity index is 2.21. The fourth-order valence-electron chi connectivity index (χ4n) is 3.55. The SMILES string of the molecule is CCc1ccc(OCOC)c(Sc2ccc(CCC(C)(COP(=O)(OC)OC)NC(=O)OC(C)(C)C)c(Cl)c2)c1. The van der Waals surface area contributed by atoms with Crippen LogP contribution < -0.4 is 10.1 Å². The molecule has 0 saturated heterocycles. The van der Waals surface area contributed by atoms with Crippen molar-refractivity contribution in [3.63, 3.8) is 0 Å². The van der Waals surface area contributed by atoms with Crippen LogP contribution in [0.2, 0.25) is 5.02 Å². The minimum Gasteiger partial charge on any atom is -0.466 e. The molecule has 0 radical (unpaired) electrons. The van der Waals surface area contributed by atoms with Gasteiger partial charge in [0, 0.05) is 31.2 Å². The number of rotatable bonds is 15. The van der Waals surface area contributed by atoms with Gasteiger partial charge in [0.2, 0.25) is 0 Å². The zero-order valence-corrected chi connectivity index (χ0v) is 27.0. The second kappa shape index (κ2) is 15.4. The maximum Gasteiger partial charge on any atom is 0.474 e. The number of amides is 1. The zero-order chi connectivity index (χ0) is 30.0. The number of aryl methyl sites for hydroxylation is 2. The molecule has 0 aliphatic carbocycles. The van der Waals surface area contributed by atoms with Crippen molar-refractivity contribution in [2.75, 3.05) is 34.7 Å². The largest absolute Gasteiger partial charge is 0.474 e. The summed E-state index contributed by atoms with van der Waals surface area (Å²) in [5.74, 6) is 0.734. The summed E-state index contributed by atoms with van der Waals surface area (Å²) in [5, 5.41) is 3.43. The quantitative estimate of drug-likeness (QED) is 0.159. The molecule has 1 amide bonds. The first kappa shape index (κ1) is 34.4. The summed E-state index contributed by atoms with van der Waals surface area (Å²) < 4.78 is 44.0. The molecule has 0 aromatic heterocycles. The fourth-order valence-corrected chi connectivity index (χ4v) is 5.70. The minimum absolute atomic E-state index is 0.144. The van der Waals surface area contributed by atoms with E-state index in [-0.39, 0.29) is 13.4 Å². The number of nitrogens with one attached hydrogen (secondary N) is 1. The van der Waals surface area contributed by atoms with E-state index in [1.807, 2.05) is 30.3 Å². The van der Waals surface area contributed by atoms with Crippen molar-refractivity contribution in [1.29, 1.82) is 0 Å². The maximum atomic E-state index is 12.6. The van der Waals surface area contributed by atoms with E-state index < -0.39 is 25.1 Å². The third-order valence-electron chi connectivity index (χ3n) is 5.74. The van der Waals surface area contributed by atoms with E-state index in [4.69, 9.17) is 39.4 Å². The van der Waals surface area contributed by atoms with Gasteiger partial charge in [-0.15, -0.1) is 0 Å². The molecular weight excluding hydrogens is 577 g/mol. The normalized spacial score (nSPS) is 13.5. The number of benzene rings is 2. The highest BCUT2D eigenvalue weighted by atomic mass is 35.5. The van der Waals surface area contributed by atoms with Gasteiger partial charge in [0.05, 0.1) is 17.0 Å². The standard InChI is InChI=1S/C28H41ClNO8PS/c1-9-20-10-13-24(36-19-33-6)25(16-20)40-22-12-11-21(23(29)17-22)14-15-28(5,18-37-39(32,34-7)35-8)30-26(31)38-27(2,3)4/h10-13,16-17H,9,14-15,18-19H2,1-8H3,(H,30,31). The van der Waals surface area contributed by atoms with E-state index in [1.54, 1.807) is 46.6 Å². The van der Waals surface area contributed by atoms with Crippen LogP contribution in [0.1, 0.15) is 52.2 Å². The van der Waals surface area contributed by atoms with Gasteiger partial charge in [-0.2, -0.15) is 0 Å². The van der Waals surface area contributed by atoms with Crippen LogP contribution in [0.15, 0.2) is 46.2 Å². The van der Waals surface area contributed by atoms with Gasteiger partial charge in [0.15, 0.2) is 6.79 Å². The van der Waals surface area contributed by atoms with Crippen molar-refractivity contribution in [2.24, 2.45) is 0 Å². The van der Waals surface area contributed by atoms with Crippen molar-refractivity contribution in [1.82, 2.24) is 5.32 Å². The first-order valence-electron chi connectivity index (χ1n) is 12.8. The maximum absolute atomic E-state index is 12.6. The lowest BCUT2D eigenvalue weighted by Crippen LogP contribution is -2.51. The molecule has 0 aliphatic heterocycles. The Bertz CT molecular complexity index is 1170. The lowest BCUT2D eigenvalue weighted by Gasteiger charge is -2.32. The third-order valence-corrected chi connectivity index (χ3v) is 8.46. The predicted molar refractivity (Wildman–Crippen MR) is 158 cm³/mol. The number of ether oxygens (including phenoxy) is 3. The average Bonchev–Trinajstić information content (AvgIpc) is 2.89. The second-order valence-corrected chi connectivity index (χ2v) is 13.7. The summed E-state index contributed by atoms with van der Waals surface area (Å²) in [5.41, 5.74) is 0.408. The van der Waals surface area contributed by atoms with Crippen LogP contribution in [0.25, 0.3) is 0 Å². The Morgan fingerprint density at radius 1 is 1.05 bits per heavy atom. The summed E-state index contributed by atoms with van der Waals surface area (Å²) in [7, 11) is 0.278. The summed E-state index contributed by atoms with van der Waals surface area (Å²) in [4.78, 5) is 14.5. The molecule has 2 aromatic carbocycles. The number of carbonyl (C=O) groups is 1. The Kier molecular flexibility index (Phi) is 13.3. The predicted octanol–water partition coefficient (Wildman–Crippen LogP) is 7.67. The molecule has 12 heteroatoms. The van der Waals surface area contributed by atoms with Crippen LogP contribution in [-0.2, 0) is 40.5 Å². The van der Waals surface area contributed by atoms with Gasteiger partial charge in [-0.25, -0.2) is 9.36 Å². The third kappa shape index (κ3) is 11.2. The van der Waals surface area contributed by atoms with Crippen LogP contribution in [0, 0.1) is 0 Å². The molecule has 0 fully saturated rings. The Hall–Kier alpha value is -1.78. The number of hydrogen-bond donors (Lipinski definition) is 1. The van der Waals surface area contributed by atoms with E-state index >= 15 is 0 Å². The van der Waals surface area contributed by atoms with Gasteiger partial charge < -0.3 is 19.5 Å². The van der Waals surface area contributed by atoms with Crippen LogP contribution in [0.5, 0.6) is 5.75 Å².